The van der Waals surface area contributed by atoms with Crippen LogP contribution in [0.5, 0.6) is 0 Å². The molecule has 0 radical (unpaired) electrons. The number of aldehydes is 1. The molecule has 0 aromatic carbocycles. The van der Waals surface area contributed by atoms with Crippen molar-refractivity contribution in [1.29, 1.82) is 0 Å². The van der Waals surface area contributed by atoms with Crippen molar-refractivity contribution in [1.82, 2.24) is 0 Å². The van der Waals surface area contributed by atoms with Gasteiger partial charge in [0.05, 0.1) is 101 Å². The van der Waals surface area contributed by atoms with E-state index in [-0.39, 0.29) is 50.4 Å². The largest absolute Gasteiger partial charge is 0.479 e. The van der Waals surface area contributed by atoms with Crippen LogP contribution in [0, 0.1) is 62.1 Å². The normalized spacial score (nSPS) is 47.9. The molecular formula is C94H150O47. The number of aliphatic hydroxyl groups is 21. The number of allylic oxidation sites excluding steroid dienone is 2. The Kier molecular flexibility index (Phi) is 36.4. The van der Waals surface area contributed by atoms with E-state index in [1.165, 1.54) is 13.8 Å². The summed E-state index contributed by atoms with van der Waals surface area (Å²) in [5.74, 6) is -8.45. The summed E-state index contributed by atoms with van der Waals surface area (Å²) < 4.78 is 115. The second-order valence-electron chi connectivity index (χ2n) is 43.2. The Morgan fingerprint density at radius 1 is 0.511 bits per heavy atom. The lowest BCUT2D eigenvalue weighted by Crippen LogP contribution is -2.69. The Labute approximate surface area is 815 Å². The second kappa shape index (κ2) is 45.2. The number of carbonyl (C=O) groups excluding carboxylic acids is 5. The van der Waals surface area contributed by atoms with Crippen LogP contribution in [0.4, 0.5) is 0 Å². The molecule has 141 heavy (non-hydrogen) atoms. The maximum Gasteiger partial charge on any atom is 0.335 e. The highest BCUT2D eigenvalue weighted by Gasteiger charge is 2.74. The first-order chi connectivity index (χ1) is 66.2. The van der Waals surface area contributed by atoms with Crippen LogP contribution < -0.4 is 0 Å². The van der Waals surface area contributed by atoms with Crippen molar-refractivity contribution in [2.24, 2.45) is 62.1 Å². The number of carboxylic acid groups (broad SMARTS) is 1. The van der Waals surface area contributed by atoms with Gasteiger partial charge in [-0.05, 0) is 123 Å². The van der Waals surface area contributed by atoms with Crippen LogP contribution in [0.25, 0.3) is 0 Å². The van der Waals surface area contributed by atoms with Crippen LogP contribution in [0.15, 0.2) is 11.6 Å². The highest BCUT2D eigenvalue weighted by atomic mass is 16.8. The van der Waals surface area contributed by atoms with Gasteiger partial charge >= 0.3 is 29.8 Å². The van der Waals surface area contributed by atoms with E-state index in [0.29, 0.717) is 44.9 Å². The smallest absolute Gasteiger partial charge is 0.335 e. The Hall–Kier alpha value is -4.68. The summed E-state index contributed by atoms with van der Waals surface area (Å²) in [6.45, 7) is 18.5. The Bertz CT molecular complexity index is 4230. The van der Waals surface area contributed by atoms with E-state index in [1.54, 1.807) is 27.7 Å². The molecule has 13 rings (SSSR count). The van der Waals surface area contributed by atoms with Crippen LogP contribution in [0.3, 0.4) is 0 Å². The molecule has 4 saturated carbocycles. The average molecular weight is 2030 g/mol. The van der Waals surface area contributed by atoms with Crippen LogP contribution >= 0.6 is 0 Å². The summed E-state index contributed by atoms with van der Waals surface area (Å²) >= 11 is 0. The highest BCUT2D eigenvalue weighted by molar-refractivity contribution is 5.80. The fourth-order valence-corrected chi connectivity index (χ4v) is 24.4. The van der Waals surface area contributed by atoms with E-state index in [4.69, 9.17) is 90.0 Å². The number of rotatable bonds is 36. The van der Waals surface area contributed by atoms with Gasteiger partial charge in [0.1, 0.15) is 145 Å². The molecule has 0 amide bonds. The lowest BCUT2D eigenvalue weighted by Gasteiger charge is -2.71. The van der Waals surface area contributed by atoms with Crippen molar-refractivity contribution in [3.63, 3.8) is 0 Å². The molecule has 808 valence electrons. The quantitative estimate of drug-likeness (QED) is 0.00917. The van der Waals surface area contributed by atoms with Gasteiger partial charge in [-0.15, -0.1) is 0 Å². The van der Waals surface area contributed by atoms with E-state index in [2.05, 4.69) is 19.9 Å². The van der Waals surface area contributed by atoms with Crippen molar-refractivity contribution < 1.29 is 231 Å². The molecular weight excluding hydrogens is 1880 g/mol. The second-order valence-corrected chi connectivity index (χ2v) is 43.2. The number of carboxylic acids is 1. The third-order valence-electron chi connectivity index (χ3n) is 33.6. The highest BCUT2D eigenvalue weighted by Crippen LogP contribution is 2.76. The van der Waals surface area contributed by atoms with E-state index in [1.807, 2.05) is 27.7 Å². The zero-order valence-electron chi connectivity index (χ0n) is 81.5. The molecule has 0 bridgehead atoms. The number of hydrogen-bond donors (Lipinski definition) is 22. The number of aliphatic carboxylic acids is 1. The lowest BCUT2D eigenvalue weighted by molar-refractivity contribution is -0.391. The number of aliphatic hydroxyl groups excluding tert-OH is 20. The van der Waals surface area contributed by atoms with E-state index >= 15 is 4.79 Å². The molecule has 51 atom stereocenters. The Balaban J connectivity index is 0.767. The molecule has 0 aromatic heterocycles. The van der Waals surface area contributed by atoms with Gasteiger partial charge in [0.25, 0.3) is 0 Å². The summed E-state index contributed by atoms with van der Waals surface area (Å²) in [4.78, 5) is 86.5. The van der Waals surface area contributed by atoms with E-state index in [0.717, 1.165) is 18.8 Å². The van der Waals surface area contributed by atoms with E-state index in [9.17, 15) is 136 Å². The summed E-state index contributed by atoms with van der Waals surface area (Å²) in [6, 6.07) is 0. The van der Waals surface area contributed by atoms with Crippen LogP contribution in [0.2, 0.25) is 0 Å². The standard InChI is InChI=1S/C94H150O47/c1-14-37(3)48(129-56(105)26-43(101)25-49(38(4)15-2)130-82-64(113)60(109)51(31-96)131-82)24-42(100)27-57(106)134-70-40(6)127-84(76(74(70)128-41(7)99)140-81-66(115)62(111)69(39(5)126-81)135-80-68(117)71(47(103)33-124-80)136-86-77(118)93(122,35-98)36-125-86)141-87(121)94-23-22-88(8,9)28-45(94)44-16-17-53-89(10)20-19-55(90(11,34-97)52(89)18-21-91(53,12)92(44,13)29-54(94)104)133-85-75(139-83-65(114)61(110)59(108)50(30-95)132-83)72(67(116)73(138-85)78(119)120)137-79-63(112)58(107)46(102)32-123-79/h16,34,37-40,42-43,45-55,58-77,79-86,95-96,98,100-104,107-118,122H,14-15,17-33,35-36H2,1-13H3,(H,119,120)/t37-,38-,39-,40+,42-,43-,45-,46+,47+,48-,49-,50+,51-,52+,53+,54+,55-,58-,59-,60-,61-,62-,63+,64+,65+,66+,67-,68+,69-,70-,71-,72-,73-,74-,75+,76+,77-,79-,80-,81-,82+,83-,84-,85+,86-,89-,90-,91+,92+,93+,94+/m0/s1. The first-order valence-corrected chi connectivity index (χ1v) is 49.2. The van der Waals surface area contributed by atoms with Gasteiger partial charge in [0, 0.05) is 19.8 Å². The van der Waals surface area contributed by atoms with Gasteiger partial charge in [-0.25, -0.2) is 4.79 Å². The molecule has 8 heterocycles. The average Bonchev–Trinajstić information content (AvgIpc) is 0.860. The van der Waals surface area contributed by atoms with Crippen LogP contribution in [-0.4, -0.2) is 439 Å². The monoisotopic (exact) mass is 2030 g/mol. The Morgan fingerprint density at radius 2 is 1.06 bits per heavy atom. The minimum atomic E-state index is -2.27. The third-order valence-corrected chi connectivity index (χ3v) is 33.6. The molecule has 12 fully saturated rings. The maximum absolute atomic E-state index is 16.6. The number of esters is 4. The molecule has 8 saturated heterocycles. The van der Waals surface area contributed by atoms with Crippen LogP contribution in [0.1, 0.15) is 186 Å². The number of ether oxygens (including phenoxy) is 19. The third kappa shape index (κ3) is 22.3. The fourth-order valence-electron chi connectivity index (χ4n) is 24.4. The van der Waals surface area contributed by atoms with Gasteiger partial charge in [0.15, 0.2) is 68.4 Å². The summed E-state index contributed by atoms with van der Waals surface area (Å²) in [5.41, 5.74) is -7.86. The van der Waals surface area contributed by atoms with Crippen LogP contribution in [-0.2, 0) is 119 Å². The van der Waals surface area contributed by atoms with Gasteiger partial charge < -0.3 is 207 Å². The predicted molar refractivity (Wildman–Crippen MR) is 468 cm³/mol. The number of fused-ring (bicyclic) bond motifs is 7. The zero-order valence-corrected chi connectivity index (χ0v) is 81.5. The predicted octanol–water partition coefficient (Wildman–Crippen LogP) is -5.11. The minimum Gasteiger partial charge on any atom is -0.479 e. The van der Waals surface area contributed by atoms with Crippen molar-refractivity contribution in [2.45, 2.75) is 438 Å². The van der Waals surface area contributed by atoms with Gasteiger partial charge in [-0.2, -0.15) is 0 Å². The van der Waals surface area contributed by atoms with Crippen molar-refractivity contribution in [3.05, 3.63) is 11.6 Å². The molecule has 47 heteroatoms. The molecule has 8 aliphatic heterocycles. The van der Waals surface area contributed by atoms with Crippen molar-refractivity contribution in [3.8, 4) is 0 Å². The van der Waals surface area contributed by atoms with Gasteiger partial charge in [-0.3, -0.25) is 19.2 Å². The number of hydrogen-bond acceptors (Lipinski definition) is 46. The summed E-state index contributed by atoms with van der Waals surface area (Å²) in [6.07, 6.45) is -67.1. The summed E-state index contributed by atoms with van der Waals surface area (Å²) in [7, 11) is 0. The molecule has 47 nitrogen and oxygen atoms in total. The molecule has 5 aliphatic carbocycles. The first kappa shape index (κ1) is 113. The molecule has 22 N–H and O–H groups in total. The SMILES string of the molecule is CC[C@H](C)[C@H](C[C@H](O)CC(=O)O[C@@H]1[C@H](OC(C)=O)[C@@H](O[C@@H]2O[C@@H](C)[C@H](O[C@@H]3OC[C@@H](O)[C@H](O[C@@H]4OC[C@](O)(CO)[C@H]4O)[C@H]3O)[C@@H](O)[C@H]2O)[C@H](OC(=O)[C@]23CCC(C)(C)C[C@H]2C2=CC[C@@H]4[C@@]5(C)CC[C@H](O[C@@H]6O[C@H](C(=O)O)[C@@H](O)[C@H](O[C@@H]7OC[C@@H](O)[C@H](O)[C@H]7O)[C@H]6O[C@@H]6O[C@H](CO)[C@H](O)[C@H](O)[C@H]6O)[C@@](C)(C=O)[C@@H]5CC[C@@]4(C)[C@]2(C)C[C@H]3O)O[C@@H]1C)OC(=O)C[C@@H](O)C[C@H](O[C@@H]1O[C@@H](CO)[C@H](O)[C@H]1O)[C@@H](C)CC. The van der Waals surface area contributed by atoms with Gasteiger partial charge in [0.2, 0.25) is 6.29 Å². The minimum absolute atomic E-state index is 0.0103. The lowest BCUT2D eigenvalue weighted by atomic mass is 9.33. The van der Waals surface area contributed by atoms with Crippen molar-refractivity contribution >= 4 is 36.1 Å². The zero-order chi connectivity index (χ0) is 104. The fraction of sp³-hybridized carbons (Fsp3) is 0.915. The maximum atomic E-state index is 16.6. The molecule has 0 aromatic rings. The number of carbonyl (C=O) groups is 6. The topological polar surface area (TPSA) is 723 Å². The molecule has 0 unspecified atom stereocenters. The summed E-state index contributed by atoms with van der Waals surface area (Å²) in [5, 5.41) is 244. The molecule has 0 spiro atoms. The van der Waals surface area contributed by atoms with Crippen molar-refractivity contribution in [2.75, 3.05) is 39.6 Å². The molecule has 13 aliphatic rings. The Morgan fingerprint density at radius 3 is 1.67 bits per heavy atom. The van der Waals surface area contributed by atoms with Gasteiger partial charge in [-0.1, -0.05) is 93.7 Å². The van der Waals surface area contributed by atoms with E-state index < -0.39 is 384 Å². The first-order valence-electron chi connectivity index (χ1n) is 49.2.